The molecule has 0 saturated heterocycles. The van der Waals surface area contributed by atoms with Gasteiger partial charge in [0.25, 0.3) is 10.1 Å². The summed E-state index contributed by atoms with van der Waals surface area (Å²) < 4.78 is 40.3. The van der Waals surface area contributed by atoms with Crippen LogP contribution in [0.5, 0.6) is 0 Å². The van der Waals surface area contributed by atoms with E-state index in [2.05, 4.69) is 10.3 Å². The van der Waals surface area contributed by atoms with Gasteiger partial charge < -0.3 is 9.72 Å². The van der Waals surface area contributed by atoms with Crippen molar-refractivity contribution in [2.75, 3.05) is 5.32 Å². The van der Waals surface area contributed by atoms with Gasteiger partial charge >= 0.3 is 6.09 Å². The van der Waals surface area contributed by atoms with Gasteiger partial charge in [-0.15, -0.1) is 0 Å². The Morgan fingerprint density at radius 2 is 1.79 bits per heavy atom. The Balaban J connectivity index is 1.86. The van der Waals surface area contributed by atoms with Gasteiger partial charge in [0.15, 0.2) is 0 Å². The maximum atomic E-state index is 12.8. The van der Waals surface area contributed by atoms with Crippen molar-refractivity contribution in [3.05, 3.63) is 83.6 Å². The summed E-state index contributed by atoms with van der Waals surface area (Å²) in [5, 5.41) is 3.47. The first-order valence-corrected chi connectivity index (χ1v) is 12.4. The van der Waals surface area contributed by atoms with E-state index in [1.54, 1.807) is 6.20 Å². The molecule has 4 aromatic rings. The molecule has 7 nitrogen and oxygen atoms in total. The summed E-state index contributed by atoms with van der Waals surface area (Å²) >= 11 is 0. The number of nitrogens with one attached hydrogen (secondary N) is 2. The van der Waals surface area contributed by atoms with Crippen molar-refractivity contribution in [1.82, 2.24) is 4.98 Å². The van der Waals surface area contributed by atoms with Crippen LogP contribution in [-0.4, -0.2) is 24.0 Å². The largest absolute Gasteiger partial charge is 0.444 e. The first kappa shape index (κ1) is 23.5. The van der Waals surface area contributed by atoms with Crippen LogP contribution in [0.3, 0.4) is 0 Å². The third kappa shape index (κ3) is 4.83. The number of fused-ring (bicyclic) bond motifs is 1. The molecule has 1 amide bonds. The molecule has 0 atom stereocenters. The number of benzene rings is 3. The Labute approximate surface area is 198 Å². The van der Waals surface area contributed by atoms with Crippen molar-refractivity contribution in [1.29, 1.82) is 0 Å². The zero-order valence-electron chi connectivity index (χ0n) is 19.0. The molecule has 0 fully saturated rings. The van der Waals surface area contributed by atoms with Crippen LogP contribution in [-0.2, 0) is 27.9 Å². The van der Waals surface area contributed by atoms with E-state index in [0.717, 1.165) is 34.0 Å². The van der Waals surface area contributed by atoms with Crippen molar-refractivity contribution < 1.29 is 22.5 Å². The molecule has 1 heterocycles. The molecule has 0 spiro atoms. The van der Waals surface area contributed by atoms with Gasteiger partial charge in [0.1, 0.15) is 11.5 Å². The monoisotopic (exact) mass is 478 g/mol. The van der Waals surface area contributed by atoms with Crippen LogP contribution < -0.4 is 5.32 Å². The van der Waals surface area contributed by atoms with E-state index in [0.29, 0.717) is 17.5 Å². The molecule has 0 aliphatic heterocycles. The number of carbonyl (C=O) groups is 1. The number of amides is 1. The molecule has 0 bridgehead atoms. The first-order valence-electron chi connectivity index (χ1n) is 11.0. The zero-order chi connectivity index (χ0) is 24.3. The fourth-order valence-corrected chi connectivity index (χ4v) is 4.84. The smallest absolute Gasteiger partial charge is 0.412 e. The highest BCUT2D eigenvalue weighted by molar-refractivity contribution is 7.86. The van der Waals surface area contributed by atoms with E-state index in [1.165, 1.54) is 6.07 Å². The van der Waals surface area contributed by atoms with Crippen molar-refractivity contribution in [2.24, 2.45) is 0 Å². The second-order valence-corrected chi connectivity index (χ2v) is 9.46. The highest BCUT2D eigenvalue weighted by Gasteiger charge is 2.26. The van der Waals surface area contributed by atoms with Crippen LogP contribution in [0.4, 0.5) is 10.5 Å². The van der Waals surface area contributed by atoms with Gasteiger partial charge in [-0.3, -0.25) is 9.87 Å². The van der Waals surface area contributed by atoms with E-state index in [-0.39, 0.29) is 17.2 Å². The van der Waals surface area contributed by atoms with Crippen molar-refractivity contribution in [3.8, 4) is 11.1 Å². The van der Waals surface area contributed by atoms with Gasteiger partial charge in [-0.1, -0.05) is 61.9 Å². The van der Waals surface area contributed by atoms with E-state index < -0.39 is 16.2 Å². The lowest BCUT2D eigenvalue weighted by atomic mass is 9.92. The predicted octanol–water partition coefficient (Wildman–Crippen LogP) is 6.09. The molecule has 3 aromatic carbocycles. The molecule has 3 N–H and O–H groups in total. The first-order chi connectivity index (χ1) is 16.3. The third-order valence-corrected chi connectivity index (χ3v) is 6.63. The summed E-state index contributed by atoms with van der Waals surface area (Å²) in [6, 6.07) is 18.2. The average Bonchev–Trinajstić information content (AvgIpc) is 3.23. The zero-order valence-corrected chi connectivity index (χ0v) is 19.8. The SMILES string of the molecule is CCCc1cc(S(=O)(=O)O)c(NC(=O)OCc2ccccc2)c(-c2c[nH]c3ccccc23)c1C. The van der Waals surface area contributed by atoms with Crippen molar-refractivity contribution >= 4 is 32.8 Å². The van der Waals surface area contributed by atoms with E-state index in [9.17, 15) is 17.8 Å². The summed E-state index contributed by atoms with van der Waals surface area (Å²) in [6.07, 6.45) is 2.35. The molecule has 8 heteroatoms. The third-order valence-electron chi connectivity index (χ3n) is 5.75. The van der Waals surface area contributed by atoms with Crippen LogP contribution in [0.25, 0.3) is 22.0 Å². The van der Waals surface area contributed by atoms with Gasteiger partial charge in [-0.2, -0.15) is 8.42 Å². The Bertz CT molecular complexity index is 1440. The lowest BCUT2D eigenvalue weighted by Gasteiger charge is -2.20. The van der Waals surface area contributed by atoms with E-state index in [4.69, 9.17) is 4.74 Å². The Hall–Kier alpha value is -3.62. The maximum absolute atomic E-state index is 12.8. The number of hydrogen-bond acceptors (Lipinski definition) is 4. The molecule has 0 aliphatic rings. The quantitative estimate of drug-likeness (QED) is 0.279. The predicted molar refractivity (Wildman–Crippen MR) is 133 cm³/mol. The maximum Gasteiger partial charge on any atom is 0.412 e. The van der Waals surface area contributed by atoms with Gasteiger partial charge in [0, 0.05) is 28.2 Å². The highest BCUT2D eigenvalue weighted by Crippen LogP contribution is 2.42. The Morgan fingerprint density at radius 1 is 1.09 bits per heavy atom. The fourth-order valence-electron chi connectivity index (χ4n) is 4.14. The molecule has 0 aliphatic carbocycles. The molecule has 176 valence electrons. The van der Waals surface area contributed by atoms with Crippen LogP contribution >= 0.6 is 0 Å². The minimum atomic E-state index is -4.65. The number of aromatic nitrogens is 1. The topological polar surface area (TPSA) is 108 Å². The number of ether oxygens (including phenoxy) is 1. The van der Waals surface area contributed by atoms with Gasteiger partial charge in [0.2, 0.25) is 0 Å². The van der Waals surface area contributed by atoms with Crippen molar-refractivity contribution in [2.45, 2.75) is 38.2 Å². The number of rotatable bonds is 7. The Morgan fingerprint density at radius 3 is 2.50 bits per heavy atom. The fraction of sp³-hybridized carbons (Fsp3) is 0.192. The van der Waals surface area contributed by atoms with Crippen molar-refractivity contribution in [3.63, 3.8) is 0 Å². The summed E-state index contributed by atoms with van der Waals surface area (Å²) in [5.74, 6) is 0. The number of carbonyl (C=O) groups excluding carboxylic acids is 1. The number of para-hydroxylation sites is 1. The summed E-state index contributed by atoms with van der Waals surface area (Å²) in [6.45, 7) is 3.89. The second-order valence-electron chi connectivity index (χ2n) is 8.07. The second kappa shape index (κ2) is 9.70. The summed E-state index contributed by atoms with van der Waals surface area (Å²) in [4.78, 5) is 15.6. The van der Waals surface area contributed by atoms with Crippen LogP contribution in [0.1, 0.15) is 30.0 Å². The number of aryl methyl sites for hydroxylation is 1. The lowest BCUT2D eigenvalue weighted by Crippen LogP contribution is -2.18. The molecular formula is C26H26N2O5S. The van der Waals surface area contributed by atoms with E-state index in [1.807, 2.05) is 68.4 Å². The summed E-state index contributed by atoms with van der Waals surface area (Å²) in [7, 11) is -4.65. The molecule has 0 radical (unpaired) electrons. The number of H-pyrrole nitrogens is 1. The number of aromatic amines is 1. The minimum absolute atomic E-state index is 0.0114. The van der Waals surface area contributed by atoms with Crippen LogP contribution in [0.2, 0.25) is 0 Å². The standard InChI is InChI=1S/C26H26N2O5S/c1-3-9-19-14-23(34(30,31)32)25(28-26(29)33-16-18-10-5-4-6-11-18)24(17(19)2)21-15-27-22-13-8-7-12-20(21)22/h4-8,10-15,27H,3,9,16H2,1-2H3,(H,28,29)(H,30,31,32). The Kier molecular flexibility index (Phi) is 6.72. The number of hydrogen-bond donors (Lipinski definition) is 3. The molecule has 0 saturated carbocycles. The molecule has 34 heavy (non-hydrogen) atoms. The molecule has 1 aromatic heterocycles. The van der Waals surface area contributed by atoms with Gasteiger partial charge in [-0.05, 0) is 42.2 Å². The molecular weight excluding hydrogens is 452 g/mol. The normalized spacial score (nSPS) is 11.5. The summed E-state index contributed by atoms with van der Waals surface area (Å²) in [5.41, 5.74) is 4.48. The van der Waals surface area contributed by atoms with Crippen LogP contribution in [0, 0.1) is 6.92 Å². The van der Waals surface area contributed by atoms with Gasteiger partial charge in [0.05, 0.1) is 5.69 Å². The number of anilines is 1. The minimum Gasteiger partial charge on any atom is -0.444 e. The van der Waals surface area contributed by atoms with Crippen LogP contribution in [0.15, 0.2) is 71.8 Å². The van der Waals surface area contributed by atoms with E-state index >= 15 is 0 Å². The van der Waals surface area contributed by atoms with Gasteiger partial charge in [-0.25, -0.2) is 4.79 Å². The highest BCUT2D eigenvalue weighted by atomic mass is 32.2. The lowest BCUT2D eigenvalue weighted by molar-refractivity contribution is 0.155. The average molecular weight is 479 g/mol. The molecule has 0 unspecified atom stereocenters. The molecule has 4 rings (SSSR count).